The molecule has 1 aromatic carbocycles. The van der Waals surface area contributed by atoms with Crippen molar-refractivity contribution in [3.05, 3.63) is 29.0 Å². The molecule has 0 radical (unpaired) electrons. The molecule has 4 nitrogen and oxygen atoms in total. The third-order valence-electron chi connectivity index (χ3n) is 3.45. The molecule has 2 rings (SSSR count). The first-order valence-electron chi connectivity index (χ1n) is 6.17. The van der Waals surface area contributed by atoms with Crippen molar-refractivity contribution >= 4 is 23.4 Å². The van der Waals surface area contributed by atoms with Crippen LogP contribution in [-0.4, -0.2) is 35.2 Å². The minimum atomic E-state index is -0.900. The lowest BCUT2D eigenvalue weighted by molar-refractivity contribution is 0.119. The number of hydrogen-bond donors (Lipinski definition) is 2. The van der Waals surface area contributed by atoms with Gasteiger partial charge in [0.25, 0.3) is 0 Å². The number of likely N-dealkylation sites (tertiary alicyclic amines) is 1. The number of carboxylic acid groups (broad SMARTS) is 1. The van der Waals surface area contributed by atoms with Crippen LogP contribution in [0.5, 0.6) is 0 Å². The van der Waals surface area contributed by atoms with E-state index < -0.39 is 6.09 Å². The molecule has 0 spiro atoms. The molecular weight excluding hydrogens is 271 g/mol. The van der Waals surface area contributed by atoms with Gasteiger partial charge >= 0.3 is 6.09 Å². The van der Waals surface area contributed by atoms with Crippen molar-refractivity contribution in [1.29, 1.82) is 0 Å². The van der Waals surface area contributed by atoms with Crippen molar-refractivity contribution in [2.75, 3.05) is 18.4 Å². The van der Waals surface area contributed by atoms with Crippen LogP contribution >= 0.6 is 11.6 Å². The molecule has 2 N–H and O–H groups in total. The second-order valence-corrected chi connectivity index (χ2v) is 5.31. The molecule has 0 bridgehead atoms. The molecule has 19 heavy (non-hydrogen) atoms. The van der Waals surface area contributed by atoms with Gasteiger partial charge in [-0.3, -0.25) is 0 Å². The number of nitrogens with zero attached hydrogens (tertiary/aromatic N) is 1. The summed E-state index contributed by atoms with van der Waals surface area (Å²) >= 11 is 5.70. The maximum Gasteiger partial charge on any atom is 0.407 e. The summed E-state index contributed by atoms with van der Waals surface area (Å²) in [5.74, 6) is -0.264. The van der Waals surface area contributed by atoms with Gasteiger partial charge in [0.05, 0.1) is 5.69 Å². The van der Waals surface area contributed by atoms with Gasteiger partial charge < -0.3 is 15.3 Å². The van der Waals surface area contributed by atoms with Crippen molar-refractivity contribution in [3.8, 4) is 0 Å². The smallest absolute Gasteiger partial charge is 0.407 e. The minimum Gasteiger partial charge on any atom is -0.465 e. The van der Waals surface area contributed by atoms with E-state index in [-0.39, 0.29) is 17.8 Å². The second-order valence-electron chi connectivity index (χ2n) is 4.87. The summed E-state index contributed by atoms with van der Waals surface area (Å²) in [6.07, 6.45) is -0.238. The van der Waals surface area contributed by atoms with Crippen LogP contribution in [0, 0.1) is 11.7 Å². The number of benzene rings is 1. The van der Waals surface area contributed by atoms with E-state index in [0.29, 0.717) is 30.2 Å². The topological polar surface area (TPSA) is 52.6 Å². The zero-order chi connectivity index (χ0) is 14.0. The van der Waals surface area contributed by atoms with Crippen LogP contribution in [-0.2, 0) is 0 Å². The Morgan fingerprint density at radius 1 is 1.58 bits per heavy atom. The predicted molar refractivity (Wildman–Crippen MR) is 72.2 cm³/mol. The number of piperidine rings is 1. The molecule has 6 heteroatoms. The van der Waals surface area contributed by atoms with Gasteiger partial charge in [0, 0.05) is 24.2 Å². The Bertz CT molecular complexity index is 484. The van der Waals surface area contributed by atoms with Crippen LogP contribution < -0.4 is 5.32 Å². The quantitative estimate of drug-likeness (QED) is 0.877. The highest BCUT2D eigenvalue weighted by molar-refractivity contribution is 6.30. The van der Waals surface area contributed by atoms with E-state index >= 15 is 0 Å². The Morgan fingerprint density at radius 3 is 2.89 bits per heavy atom. The third-order valence-corrected chi connectivity index (χ3v) is 3.68. The largest absolute Gasteiger partial charge is 0.465 e. The Morgan fingerprint density at radius 2 is 2.32 bits per heavy atom. The molecule has 1 aliphatic heterocycles. The molecule has 1 aromatic rings. The van der Waals surface area contributed by atoms with Crippen molar-refractivity contribution in [3.63, 3.8) is 0 Å². The van der Waals surface area contributed by atoms with E-state index in [1.165, 1.54) is 11.0 Å². The van der Waals surface area contributed by atoms with E-state index in [1.807, 2.05) is 6.92 Å². The van der Waals surface area contributed by atoms with E-state index in [0.717, 1.165) is 0 Å². The number of carbonyl (C=O) groups is 1. The molecule has 0 aliphatic carbocycles. The van der Waals surface area contributed by atoms with Crippen LogP contribution in [0.15, 0.2) is 18.2 Å². The molecule has 1 fully saturated rings. The van der Waals surface area contributed by atoms with Gasteiger partial charge in [-0.1, -0.05) is 18.5 Å². The molecular formula is C13H16ClFN2O2. The molecule has 0 unspecified atom stereocenters. The Labute approximate surface area is 116 Å². The molecule has 0 aromatic heterocycles. The monoisotopic (exact) mass is 286 g/mol. The number of rotatable bonds is 2. The third kappa shape index (κ3) is 3.29. The van der Waals surface area contributed by atoms with E-state index in [1.54, 1.807) is 12.1 Å². The Kier molecular flexibility index (Phi) is 4.14. The van der Waals surface area contributed by atoms with Gasteiger partial charge in [-0.05, 0) is 30.5 Å². The highest BCUT2D eigenvalue weighted by atomic mass is 35.5. The standard InChI is InChI=1S/C13H16ClFN2O2/c1-8-7-17(13(18)19)5-4-11(8)16-12-3-2-9(14)6-10(12)15/h2-3,6,8,11,16H,4-5,7H2,1H3,(H,18,19)/t8-,11-/m1/s1. The van der Waals surface area contributed by atoms with E-state index in [9.17, 15) is 9.18 Å². The first-order chi connectivity index (χ1) is 8.97. The van der Waals surface area contributed by atoms with E-state index in [4.69, 9.17) is 16.7 Å². The average molecular weight is 287 g/mol. The average Bonchev–Trinajstić information content (AvgIpc) is 2.34. The van der Waals surface area contributed by atoms with Crippen LogP contribution in [0.4, 0.5) is 14.9 Å². The SMILES string of the molecule is C[C@@H]1CN(C(=O)O)CC[C@H]1Nc1ccc(Cl)cc1F. The normalized spacial score (nSPS) is 23.2. The summed E-state index contributed by atoms with van der Waals surface area (Å²) in [4.78, 5) is 12.3. The molecule has 2 atom stereocenters. The maximum atomic E-state index is 13.7. The van der Waals surface area contributed by atoms with Crippen LogP contribution in [0.2, 0.25) is 5.02 Å². The highest BCUT2D eigenvalue weighted by Crippen LogP contribution is 2.24. The lowest BCUT2D eigenvalue weighted by Crippen LogP contribution is -2.47. The fourth-order valence-corrected chi connectivity index (χ4v) is 2.50. The summed E-state index contributed by atoms with van der Waals surface area (Å²) in [6, 6.07) is 4.56. The van der Waals surface area contributed by atoms with E-state index in [2.05, 4.69) is 5.32 Å². The van der Waals surface area contributed by atoms with Gasteiger partial charge in [-0.15, -0.1) is 0 Å². The molecule has 1 saturated heterocycles. The van der Waals surface area contributed by atoms with Crippen LogP contribution in [0.3, 0.4) is 0 Å². The lowest BCUT2D eigenvalue weighted by Gasteiger charge is -2.36. The summed E-state index contributed by atoms with van der Waals surface area (Å²) in [7, 11) is 0. The zero-order valence-corrected chi connectivity index (χ0v) is 11.3. The van der Waals surface area contributed by atoms with Crippen molar-refractivity contribution in [1.82, 2.24) is 4.90 Å². The summed E-state index contributed by atoms with van der Waals surface area (Å²) in [6.45, 7) is 2.88. The van der Waals surface area contributed by atoms with Crippen LogP contribution in [0.1, 0.15) is 13.3 Å². The van der Waals surface area contributed by atoms with Gasteiger partial charge in [0.15, 0.2) is 0 Å². The molecule has 104 valence electrons. The fourth-order valence-electron chi connectivity index (χ4n) is 2.34. The Hall–Kier alpha value is -1.49. The van der Waals surface area contributed by atoms with Gasteiger partial charge in [0.2, 0.25) is 0 Å². The Balaban J connectivity index is 2.02. The maximum absolute atomic E-state index is 13.7. The second kappa shape index (κ2) is 5.65. The van der Waals surface area contributed by atoms with Crippen molar-refractivity contribution < 1.29 is 14.3 Å². The predicted octanol–water partition coefficient (Wildman–Crippen LogP) is 3.28. The van der Waals surface area contributed by atoms with Crippen molar-refractivity contribution in [2.24, 2.45) is 5.92 Å². The summed E-state index contributed by atoms with van der Waals surface area (Å²) in [5.41, 5.74) is 0.407. The van der Waals surface area contributed by atoms with Gasteiger partial charge in [0.1, 0.15) is 5.82 Å². The number of anilines is 1. The van der Waals surface area contributed by atoms with Crippen LogP contribution in [0.25, 0.3) is 0 Å². The minimum absolute atomic E-state index is 0.0614. The zero-order valence-electron chi connectivity index (χ0n) is 10.6. The van der Waals surface area contributed by atoms with Crippen molar-refractivity contribution in [2.45, 2.75) is 19.4 Å². The number of hydrogen-bond acceptors (Lipinski definition) is 2. The van der Waals surface area contributed by atoms with Gasteiger partial charge in [-0.2, -0.15) is 0 Å². The molecule has 1 amide bonds. The number of nitrogens with one attached hydrogen (secondary N) is 1. The molecule has 1 heterocycles. The molecule has 1 aliphatic rings. The highest BCUT2D eigenvalue weighted by Gasteiger charge is 2.28. The summed E-state index contributed by atoms with van der Waals surface area (Å²) < 4.78 is 13.7. The molecule has 0 saturated carbocycles. The first kappa shape index (κ1) is 13.9. The fraction of sp³-hybridized carbons (Fsp3) is 0.462. The van der Waals surface area contributed by atoms with Gasteiger partial charge in [-0.25, -0.2) is 9.18 Å². The number of amides is 1. The summed E-state index contributed by atoms with van der Waals surface area (Å²) in [5, 5.41) is 12.4. The number of halogens is 2. The lowest BCUT2D eigenvalue weighted by atomic mass is 9.94. The first-order valence-corrected chi connectivity index (χ1v) is 6.54.